The third kappa shape index (κ3) is 7.50. The number of pyridine rings is 2. The zero-order valence-electron chi connectivity index (χ0n) is 23.9. The van der Waals surface area contributed by atoms with Crippen molar-refractivity contribution in [1.29, 1.82) is 0 Å². The van der Waals surface area contributed by atoms with Crippen LogP contribution in [-0.2, 0) is 0 Å². The largest absolute Gasteiger partial charge is 0.399 e. The van der Waals surface area contributed by atoms with E-state index in [4.69, 9.17) is 5.73 Å². The Kier molecular flexibility index (Phi) is 9.01. The predicted octanol–water partition coefficient (Wildman–Crippen LogP) is 6.67. The fourth-order valence-electron chi connectivity index (χ4n) is 4.06. The number of nitrogens with zero attached hydrogens (tertiary/aromatic N) is 7. The van der Waals surface area contributed by atoms with E-state index in [1.54, 1.807) is 49.3 Å². The molecular weight excluding hydrogens is 556 g/mol. The molecule has 4 heterocycles. The predicted molar refractivity (Wildman–Crippen MR) is 171 cm³/mol. The molecule has 12 heteroatoms. The fraction of sp³-hybridized carbons (Fsp3) is 0.0625. The first-order valence-corrected chi connectivity index (χ1v) is 13.5. The van der Waals surface area contributed by atoms with Gasteiger partial charge in [-0.05, 0) is 73.5 Å². The van der Waals surface area contributed by atoms with E-state index >= 15 is 0 Å². The average molecular weight is 585 g/mol. The summed E-state index contributed by atoms with van der Waals surface area (Å²) in [7, 11) is 0. The third-order valence-corrected chi connectivity index (χ3v) is 6.41. The van der Waals surface area contributed by atoms with Crippen molar-refractivity contribution in [2.24, 2.45) is 0 Å². The summed E-state index contributed by atoms with van der Waals surface area (Å²) in [5.41, 5.74) is 13.3. The van der Waals surface area contributed by atoms with Gasteiger partial charge in [-0.15, -0.1) is 0 Å². The lowest BCUT2D eigenvalue weighted by molar-refractivity contribution is -0.384. The number of benzene rings is 2. The molecule has 0 atom stereocenters. The molecule has 0 aliphatic rings. The topological polar surface area (TPSA) is 171 Å². The normalized spacial score (nSPS) is 10.3. The zero-order valence-corrected chi connectivity index (χ0v) is 23.9. The number of rotatable bonds is 7. The summed E-state index contributed by atoms with van der Waals surface area (Å²) in [5.74, 6) is 0.903. The third-order valence-electron chi connectivity index (χ3n) is 6.41. The molecule has 0 radical (unpaired) electrons. The first-order valence-electron chi connectivity index (χ1n) is 13.5. The Labute approximate surface area is 253 Å². The number of hydrogen-bond donors (Lipinski definition) is 3. The monoisotopic (exact) mass is 584 g/mol. The summed E-state index contributed by atoms with van der Waals surface area (Å²) in [6.07, 6.45) is 10.3. The van der Waals surface area contributed by atoms with Crippen molar-refractivity contribution in [3.05, 3.63) is 131 Å². The molecule has 0 saturated carbocycles. The van der Waals surface area contributed by atoms with Gasteiger partial charge in [0.2, 0.25) is 11.9 Å². The first-order chi connectivity index (χ1) is 21.4. The minimum Gasteiger partial charge on any atom is -0.399 e. The molecule has 218 valence electrons. The smallest absolute Gasteiger partial charge is 0.271 e. The summed E-state index contributed by atoms with van der Waals surface area (Å²) in [5, 5.41) is 17.1. The van der Waals surface area contributed by atoms with E-state index in [2.05, 4.69) is 40.5 Å². The van der Waals surface area contributed by atoms with Gasteiger partial charge in [-0.3, -0.25) is 20.1 Å². The van der Waals surface area contributed by atoms with Crippen molar-refractivity contribution in [3.63, 3.8) is 0 Å². The van der Waals surface area contributed by atoms with Gasteiger partial charge in [-0.1, -0.05) is 12.1 Å². The van der Waals surface area contributed by atoms with E-state index in [1.165, 1.54) is 12.1 Å². The Morgan fingerprint density at radius 2 is 1.20 bits per heavy atom. The Hall–Kier alpha value is -6.30. The summed E-state index contributed by atoms with van der Waals surface area (Å²) in [4.78, 5) is 36.0. The molecule has 0 spiro atoms. The molecule has 12 nitrogen and oxygen atoms in total. The van der Waals surface area contributed by atoms with Crippen LogP contribution in [0.25, 0.3) is 22.5 Å². The van der Waals surface area contributed by atoms with Crippen LogP contribution in [0.2, 0.25) is 0 Å². The molecule has 4 aromatic heterocycles. The van der Waals surface area contributed by atoms with Crippen molar-refractivity contribution in [1.82, 2.24) is 29.9 Å². The number of nitrogens with one attached hydrogen (secondary N) is 2. The Balaban J connectivity index is 0.000000175. The standard InChI is InChI=1S/C16H13N5O2.C16H15N5/c1-11-4-5-13(21(22)23)9-15(11)20-16-18-8-6-14(19-16)12-3-2-7-17-10-12;1-11-4-5-13(17)9-15(11)21-16-19-8-6-14(20-16)12-3-2-7-18-10-12/h2-10H,1H3,(H,18,19,20);2-10H,17H2,1H3,(H,19,20,21). The number of nitro benzene ring substituents is 1. The minimum absolute atomic E-state index is 0.0153. The molecule has 4 N–H and O–H groups in total. The van der Waals surface area contributed by atoms with Crippen LogP contribution < -0.4 is 16.4 Å². The van der Waals surface area contributed by atoms with Gasteiger partial charge in [0.25, 0.3) is 5.69 Å². The molecule has 6 rings (SSSR count). The fourth-order valence-corrected chi connectivity index (χ4v) is 4.06. The maximum absolute atomic E-state index is 10.9. The highest BCUT2D eigenvalue weighted by atomic mass is 16.6. The lowest BCUT2D eigenvalue weighted by Gasteiger charge is -2.09. The van der Waals surface area contributed by atoms with E-state index in [0.717, 1.165) is 39.3 Å². The van der Waals surface area contributed by atoms with Crippen LogP contribution in [0, 0.1) is 24.0 Å². The number of nitrogens with two attached hydrogens (primary N) is 1. The van der Waals surface area contributed by atoms with Crippen LogP contribution >= 0.6 is 0 Å². The zero-order chi connectivity index (χ0) is 30.9. The maximum atomic E-state index is 10.9. The average Bonchev–Trinajstić information content (AvgIpc) is 3.05. The molecule has 0 fully saturated rings. The van der Waals surface area contributed by atoms with Crippen LogP contribution in [0.1, 0.15) is 11.1 Å². The molecule has 6 aromatic rings. The summed E-state index contributed by atoms with van der Waals surface area (Å²) in [6.45, 7) is 3.86. The van der Waals surface area contributed by atoms with Crippen molar-refractivity contribution in [2.45, 2.75) is 13.8 Å². The van der Waals surface area contributed by atoms with Crippen LogP contribution in [0.15, 0.2) is 110 Å². The van der Waals surface area contributed by atoms with E-state index in [-0.39, 0.29) is 5.69 Å². The summed E-state index contributed by atoms with van der Waals surface area (Å²) >= 11 is 0. The number of aromatic nitrogens is 6. The van der Waals surface area contributed by atoms with Crippen LogP contribution in [-0.4, -0.2) is 34.8 Å². The SMILES string of the molecule is Cc1ccc(N)cc1Nc1nccc(-c2cccnc2)n1.Cc1ccc([N+](=O)[O-])cc1Nc1nccc(-c2cccnc2)n1. The van der Waals surface area contributed by atoms with Crippen LogP contribution in [0.5, 0.6) is 0 Å². The number of anilines is 5. The van der Waals surface area contributed by atoms with Gasteiger partial charge in [0.1, 0.15) is 0 Å². The lowest BCUT2D eigenvalue weighted by atomic mass is 10.2. The Morgan fingerprint density at radius 3 is 1.70 bits per heavy atom. The minimum atomic E-state index is -0.433. The number of aryl methyl sites for hydroxylation is 2. The molecule has 0 aliphatic carbocycles. The van der Waals surface area contributed by atoms with Gasteiger partial charge >= 0.3 is 0 Å². The van der Waals surface area contributed by atoms with Gasteiger partial charge in [0, 0.05) is 71.8 Å². The van der Waals surface area contributed by atoms with Crippen molar-refractivity contribution < 1.29 is 4.92 Å². The van der Waals surface area contributed by atoms with Gasteiger partial charge in [-0.25, -0.2) is 19.9 Å². The molecule has 0 saturated heterocycles. The molecular formula is C32H28N10O2. The highest BCUT2D eigenvalue weighted by Crippen LogP contribution is 2.25. The summed E-state index contributed by atoms with van der Waals surface area (Å²) < 4.78 is 0. The second-order valence-corrected chi connectivity index (χ2v) is 9.60. The quantitative estimate of drug-likeness (QED) is 0.104. The number of nitro groups is 1. The first kappa shape index (κ1) is 29.2. The second-order valence-electron chi connectivity index (χ2n) is 9.60. The van der Waals surface area contributed by atoms with Crippen molar-refractivity contribution >= 4 is 34.6 Å². The van der Waals surface area contributed by atoms with E-state index < -0.39 is 4.92 Å². The van der Waals surface area contributed by atoms with E-state index in [9.17, 15) is 10.1 Å². The van der Waals surface area contributed by atoms with Crippen LogP contribution in [0.4, 0.5) is 34.6 Å². The molecule has 44 heavy (non-hydrogen) atoms. The highest BCUT2D eigenvalue weighted by molar-refractivity contribution is 5.66. The maximum Gasteiger partial charge on any atom is 0.271 e. The van der Waals surface area contributed by atoms with Gasteiger partial charge in [0.15, 0.2) is 0 Å². The Bertz CT molecular complexity index is 1890. The van der Waals surface area contributed by atoms with Crippen molar-refractivity contribution in [2.75, 3.05) is 16.4 Å². The van der Waals surface area contributed by atoms with Crippen LogP contribution in [0.3, 0.4) is 0 Å². The number of nitrogen functional groups attached to an aromatic ring is 1. The van der Waals surface area contributed by atoms with Gasteiger partial charge in [-0.2, -0.15) is 0 Å². The second kappa shape index (κ2) is 13.6. The molecule has 0 bridgehead atoms. The van der Waals surface area contributed by atoms with Crippen molar-refractivity contribution in [3.8, 4) is 22.5 Å². The number of non-ortho nitro benzene ring substituents is 1. The molecule has 2 aromatic carbocycles. The Morgan fingerprint density at radius 1 is 0.682 bits per heavy atom. The van der Waals surface area contributed by atoms with E-state index in [0.29, 0.717) is 23.3 Å². The van der Waals surface area contributed by atoms with E-state index in [1.807, 2.05) is 62.4 Å². The highest BCUT2D eigenvalue weighted by Gasteiger charge is 2.10. The molecule has 0 aliphatic heterocycles. The molecule has 0 unspecified atom stereocenters. The summed E-state index contributed by atoms with van der Waals surface area (Å²) in [6, 6.07) is 21.5. The molecule has 0 amide bonds. The number of hydrogen-bond acceptors (Lipinski definition) is 11. The van der Waals surface area contributed by atoms with Gasteiger partial charge < -0.3 is 16.4 Å². The van der Waals surface area contributed by atoms with Gasteiger partial charge in [0.05, 0.1) is 22.0 Å². The lowest BCUT2D eigenvalue weighted by Crippen LogP contribution is -2.00.